The van der Waals surface area contributed by atoms with Crippen molar-refractivity contribution in [2.75, 3.05) is 21.3 Å². The summed E-state index contributed by atoms with van der Waals surface area (Å²) in [7, 11) is 5.46. The zero-order chi connectivity index (χ0) is 19.4. The van der Waals surface area contributed by atoms with Gasteiger partial charge in [-0.15, -0.1) is 0 Å². The van der Waals surface area contributed by atoms with Gasteiger partial charge in [0.2, 0.25) is 0 Å². The number of hydrogen-bond acceptors (Lipinski definition) is 3. The third-order valence-electron chi connectivity index (χ3n) is 4.62. The summed E-state index contributed by atoms with van der Waals surface area (Å²) >= 11 is 5.70. The molecule has 0 saturated heterocycles. The average molecular weight is 385 g/mol. The molecule has 6 heteroatoms. The second-order valence-corrected chi connectivity index (χ2v) is 7.05. The van der Waals surface area contributed by atoms with E-state index in [1.807, 2.05) is 36.7 Å². The molecule has 142 valence electrons. The third kappa shape index (κ3) is 4.23. The molecular weight excluding hydrogens is 358 g/mol. The fourth-order valence-corrected chi connectivity index (χ4v) is 3.52. The van der Waals surface area contributed by atoms with E-state index in [2.05, 4.69) is 41.3 Å². The van der Waals surface area contributed by atoms with E-state index in [4.69, 9.17) is 21.7 Å². The van der Waals surface area contributed by atoms with Gasteiger partial charge in [-0.1, -0.05) is 18.2 Å². The lowest BCUT2D eigenvalue weighted by molar-refractivity contribution is -0.917. The Morgan fingerprint density at radius 1 is 1.00 bits per heavy atom. The number of quaternary nitrogens is 1. The number of aromatic nitrogens is 2. The van der Waals surface area contributed by atoms with Crippen LogP contribution in [-0.4, -0.2) is 30.4 Å². The van der Waals surface area contributed by atoms with Crippen LogP contribution in [0.25, 0.3) is 5.69 Å². The van der Waals surface area contributed by atoms with Crippen molar-refractivity contribution >= 4 is 12.2 Å². The number of para-hydroxylation sites is 1. The number of benzene rings is 2. The Morgan fingerprint density at radius 3 is 2.44 bits per heavy atom. The SMILES string of the molecule is COc1ccc(C[NH+](C)Cn2ccn(-c3ccccc3C)c2=S)cc1OC. The molecule has 2 aromatic carbocycles. The van der Waals surface area contributed by atoms with E-state index in [1.165, 1.54) is 16.0 Å². The first kappa shape index (κ1) is 19.2. The van der Waals surface area contributed by atoms with E-state index in [1.54, 1.807) is 14.2 Å². The van der Waals surface area contributed by atoms with E-state index in [-0.39, 0.29) is 0 Å². The minimum absolute atomic E-state index is 0.747. The van der Waals surface area contributed by atoms with E-state index in [9.17, 15) is 0 Å². The van der Waals surface area contributed by atoms with Gasteiger partial charge in [0, 0.05) is 18.0 Å². The lowest BCUT2D eigenvalue weighted by atomic mass is 10.2. The maximum absolute atomic E-state index is 5.70. The van der Waals surface area contributed by atoms with Gasteiger partial charge in [0.15, 0.2) is 22.9 Å². The Hall–Kier alpha value is -2.57. The van der Waals surface area contributed by atoms with Gasteiger partial charge in [0.1, 0.15) is 6.54 Å². The number of rotatable bonds is 7. The molecule has 0 radical (unpaired) electrons. The summed E-state index contributed by atoms with van der Waals surface area (Å²) < 4.78 is 15.7. The minimum atomic E-state index is 0.747. The molecule has 1 heterocycles. The largest absolute Gasteiger partial charge is 0.493 e. The zero-order valence-corrected chi connectivity index (χ0v) is 17.0. The number of hydrogen-bond donors (Lipinski definition) is 1. The van der Waals surface area contributed by atoms with E-state index in [0.717, 1.165) is 35.2 Å². The Bertz CT molecular complexity index is 978. The van der Waals surface area contributed by atoms with Crippen molar-refractivity contribution in [1.29, 1.82) is 0 Å². The molecule has 1 unspecified atom stereocenters. The summed E-state index contributed by atoms with van der Waals surface area (Å²) in [6.45, 7) is 3.74. The molecule has 0 bridgehead atoms. The number of nitrogens with one attached hydrogen (secondary N) is 1. The van der Waals surface area contributed by atoms with E-state index >= 15 is 0 Å². The van der Waals surface area contributed by atoms with Crippen LogP contribution < -0.4 is 14.4 Å². The number of ether oxygens (including phenoxy) is 2. The van der Waals surface area contributed by atoms with Crippen LogP contribution in [0.3, 0.4) is 0 Å². The average Bonchev–Trinajstić information content (AvgIpc) is 3.02. The van der Waals surface area contributed by atoms with Gasteiger partial charge in [-0.3, -0.25) is 9.13 Å². The molecule has 0 aliphatic carbocycles. The van der Waals surface area contributed by atoms with Crippen LogP contribution in [0.1, 0.15) is 11.1 Å². The van der Waals surface area contributed by atoms with Gasteiger partial charge in [0.25, 0.3) is 0 Å². The van der Waals surface area contributed by atoms with Gasteiger partial charge in [-0.25, -0.2) is 0 Å². The van der Waals surface area contributed by atoms with Crippen LogP contribution in [0.4, 0.5) is 0 Å². The third-order valence-corrected chi connectivity index (χ3v) is 5.05. The van der Waals surface area contributed by atoms with Crippen LogP contribution in [-0.2, 0) is 13.2 Å². The first-order valence-corrected chi connectivity index (χ1v) is 9.30. The summed E-state index contributed by atoms with van der Waals surface area (Å²) in [4.78, 5) is 1.32. The smallest absolute Gasteiger partial charge is 0.188 e. The van der Waals surface area contributed by atoms with Crippen molar-refractivity contribution in [2.24, 2.45) is 0 Å². The van der Waals surface area contributed by atoms with Gasteiger partial charge in [0.05, 0.1) is 27.0 Å². The summed E-state index contributed by atoms with van der Waals surface area (Å²) in [6, 6.07) is 14.3. The molecule has 0 saturated carbocycles. The summed E-state index contributed by atoms with van der Waals surface area (Å²) in [5, 5.41) is 0. The Balaban J connectivity index is 1.75. The lowest BCUT2D eigenvalue weighted by Gasteiger charge is -2.16. The van der Waals surface area contributed by atoms with Gasteiger partial charge < -0.3 is 14.4 Å². The Morgan fingerprint density at radius 2 is 1.74 bits per heavy atom. The highest BCUT2D eigenvalue weighted by Gasteiger charge is 2.11. The highest BCUT2D eigenvalue weighted by Crippen LogP contribution is 2.27. The molecule has 0 aliphatic heterocycles. The fourth-order valence-electron chi connectivity index (χ4n) is 3.24. The zero-order valence-electron chi connectivity index (χ0n) is 16.2. The van der Waals surface area contributed by atoms with E-state index < -0.39 is 0 Å². The normalized spacial score (nSPS) is 12.0. The van der Waals surface area contributed by atoms with Gasteiger partial charge >= 0.3 is 0 Å². The molecule has 3 rings (SSSR count). The molecule has 0 aliphatic rings. The summed E-state index contributed by atoms with van der Waals surface area (Å²) in [6.07, 6.45) is 4.08. The predicted molar refractivity (Wildman–Crippen MR) is 109 cm³/mol. The fraction of sp³-hybridized carbons (Fsp3) is 0.286. The van der Waals surface area contributed by atoms with Crippen molar-refractivity contribution < 1.29 is 14.4 Å². The Labute approximate surface area is 165 Å². The van der Waals surface area contributed by atoms with Crippen molar-refractivity contribution in [3.63, 3.8) is 0 Å². The summed E-state index contributed by atoms with van der Waals surface area (Å²) in [5.74, 6) is 1.50. The number of nitrogens with zero attached hydrogens (tertiary/aromatic N) is 2. The molecule has 27 heavy (non-hydrogen) atoms. The highest BCUT2D eigenvalue weighted by atomic mass is 32.1. The van der Waals surface area contributed by atoms with Crippen LogP contribution >= 0.6 is 12.2 Å². The molecule has 3 aromatic rings. The molecule has 1 aromatic heterocycles. The Kier molecular flexibility index (Phi) is 5.98. The molecule has 1 atom stereocenters. The second-order valence-electron chi connectivity index (χ2n) is 6.69. The first-order valence-electron chi connectivity index (χ1n) is 8.89. The quantitative estimate of drug-likeness (QED) is 0.636. The first-order chi connectivity index (χ1) is 13.0. The minimum Gasteiger partial charge on any atom is -0.493 e. The van der Waals surface area contributed by atoms with Crippen LogP contribution in [0.5, 0.6) is 11.5 Å². The standard InChI is InChI=1S/C21H25N3O2S/c1-16-7-5-6-8-18(16)24-12-11-23(21(24)27)15-22(2)14-17-9-10-19(25-3)20(13-17)26-4/h5-13H,14-15H2,1-4H3/p+1. The maximum atomic E-state index is 5.70. The van der Waals surface area contributed by atoms with Crippen LogP contribution in [0, 0.1) is 11.7 Å². The van der Waals surface area contributed by atoms with Crippen LogP contribution in [0.2, 0.25) is 0 Å². The topological polar surface area (TPSA) is 32.8 Å². The number of aryl methyl sites for hydroxylation is 1. The predicted octanol–water partition coefficient (Wildman–Crippen LogP) is 3.01. The van der Waals surface area contributed by atoms with Gasteiger partial charge in [-0.05, 0) is 49.0 Å². The van der Waals surface area contributed by atoms with Crippen molar-refractivity contribution in [3.8, 4) is 17.2 Å². The van der Waals surface area contributed by atoms with Crippen molar-refractivity contribution in [2.45, 2.75) is 20.1 Å². The monoisotopic (exact) mass is 384 g/mol. The maximum Gasteiger partial charge on any atom is 0.188 e. The molecule has 0 fully saturated rings. The van der Waals surface area contributed by atoms with Gasteiger partial charge in [-0.2, -0.15) is 0 Å². The second kappa shape index (κ2) is 8.41. The molecule has 0 spiro atoms. The van der Waals surface area contributed by atoms with Crippen molar-refractivity contribution in [1.82, 2.24) is 9.13 Å². The number of imidazole rings is 1. The highest BCUT2D eigenvalue weighted by molar-refractivity contribution is 7.71. The van der Waals surface area contributed by atoms with Crippen molar-refractivity contribution in [3.05, 3.63) is 70.8 Å². The molecular formula is C21H26N3O2S+. The lowest BCUT2D eigenvalue weighted by Crippen LogP contribution is -3.06. The van der Waals surface area contributed by atoms with Crippen LogP contribution in [0.15, 0.2) is 54.9 Å². The number of methoxy groups -OCH3 is 2. The molecule has 0 amide bonds. The summed E-state index contributed by atoms with van der Waals surface area (Å²) in [5.41, 5.74) is 3.52. The molecule has 1 N–H and O–H groups in total. The van der Waals surface area contributed by atoms with E-state index in [0.29, 0.717) is 0 Å². The molecule has 5 nitrogen and oxygen atoms in total.